The standard InChI is InChI=1S/C40H26N4/c1-3-12-27(13-4-1)29-22-30-25-41-26-38-39(30)34(24-29)33-18-7-9-20-36(33)43(38)32-17-11-14-28(23-32)40-42-35-19-8-10-21-37(35)44(40)31-15-5-2-6-16-31/h1-26H. The Balaban J connectivity index is 1.26. The summed E-state index contributed by atoms with van der Waals surface area (Å²) in [5.74, 6) is 0.911. The zero-order valence-corrected chi connectivity index (χ0v) is 23.8. The summed E-state index contributed by atoms with van der Waals surface area (Å²) < 4.78 is 2.25. The molecule has 6 aromatic carbocycles. The lowest BCUT2D eigenvalue weighted by Gasteiger charge is -2.33. The number of rotatable bonds is 4. The molecule has 0 unspecified atom stereocenters. The van der Waals surface area contributed by atoms with Crippen molar-refractivity contribution in [3.8, 4) is 39.3 Å². The van der Waals surface area contributed by atoms with Gasteiger partial charge in [-0.25, -0.2) is 4.98 Å². The topological polar surface area (TPSA) is 34.0 Å². The summed E-state index contributed by atoms with van der Waals surface area (Å²) in [6, 6.07) is 51.3. The number of imidazole rings is 1. The van der Waals surface area contributed by atoms with Crippen LogP contribution in [-0.4, -0.2) is 14.5 Å². The van der Waals surface area contributed by atoms with E-state index in [0.29, 0.717) is 0 Å². The lowest BCUT2D eigenvalue weighted by Crippen LogP contribution is -2.15. The number of nitrogens with zero attached hydrogens (tertiary/aromatic N) is 4. The van der Waals surface area contributed by atoms with Crippen molar-refractivity contribution in [2.24, 2.45) is 0 Å². The summed E-state index contributed by atoms with van der Waals surface area (Å²) in [6.45, 7) is 0. The molecule has 4 heteroatoms. The quantitative estimate of drug-likeness (QED) is 0.214. The van der Waals surface area contributed by atoms with Crippen molar-refractivity contribution in [3.63, 3.8) is 0 Å². The lowest BCUT2D eigenvalue weighted by molar-refractivity contribution is 1.10. The Bertz CT molecular complexity index is 2340. The first-order chi connectivity index (χ1) is 21.8. The molecule has 0 aliphatic carbocycles. The second-order valence-electron chi connectivity index (χ2n) is 11.1. The highest BCUT2D eigenvalue weighted by Gasteiger charge is 2.27. The van der Waals surface area contributed by atoms with Crippen LogP contribution in [0.3, 0.4) is 0 Å². The number of aromatic nitrogens is 3. The highest BCUT2D eigenvalue weighted by atomic mass is 15.2. The fourth-order valence-electron chi connectivity index (χ4n) is 6.63. The van der Waals surface area contributed by atoms with Crippen molar-refractivity contribution in [2.45, 2.75) is 0 Å². The van der Waals surface area contributed by atoms with E-state index in [1.54, 1.807) is 0 Å². The first kappa shape index (κ1) is 24.6. The number of pyridine rings is 1. The van der Waals surface area contributed by atoms with Gasteiger partial charge in [0.1, 0.15) is 5.82 Å². The van der Waals surface area contributed by atoms with Gasteiger partial charge < -0.3 is 4.90 Å². The van der Waals surface area contributed by atoms with Crippen LogP contribution in [0.4, 0.5) is 17.1 Å². The third kappa shape index (κ3) is 3.78. The average Bonchev–Trinajstić information content (AvgIpc) is 3.49. The van der Waals surface area contributed by atoms with Gasteiger partial charge >= 0.3 is 0 Å². The Morgan fingerprint density at radius 3 is 2.09 bits per heavy atom. The zero-order chi connectivity index (χ0) is 29.0. The highest BCUT2D eigenvalue weighted by Crippen LogP contribution is 2.51. The first-order valence-electron chi connectivity index (χ1n) is 14.8. The molecule has 0 radical (unpaired) electrons. The first-order valence-corrected chi connectivity index (χ1v) is 14.8. The Labute approximate surface area is 255 Å². The molecule has 0 amide bonds. The second kappa shape index (κ2) is 9.79. The fraction of sp³-hybridized carbons (Fsp3) is 0. The Kier molecular flexibility index (Phi) is 5.47. The van der Waals surface area contributed by atoms with Crippen molar-refractivity contribution < 1.29 is 0 Å². The monoisotopic (exact) mass is 562 g/mol. The van der Waals surface area contributed by atoms with Crippen LogP contribution in [-0.2, 0) is 0 Å². The Morgan fingerprint density at radius 2 is 1.20 bits per heavy atom. The van der Waals surface area contributed by atoms with E-state index in [0.717, 1.165) is 50.6 Å². The van der Waals surface area contributed by atoms with Gasteiger partial charge in [0.2, 0.25) is 0 Å². The van der Waals surface area contributed by atoms with E-state index < -0.39 is 0 Å². The van der Waals surface area contributed by atoms with Crippen LogP contribution < -0.4 is 4.90 Å². The molecular weight excluding hydrogens is 536 g/mol. The molecule has 1 aliphatic heterocycles. The van der Waals surface area contributed by atoms with Crippen LogP contribution in [0.15, 0.2) is 158 Å². The molecule has 0 fully saturated rings. The van der Waals surface area contributed by atoms with Crippen LogP contribution in [0.25, 0.3) is 61.1 Å². The smallest absolute Gasteiger partial charge is 0.145 e. The van der Waals surface area contributed by atoms with Gasteiger partial charge in [0.25, 0.3) is 0 Å². The van der Waals surface area contributed by atoms with Crippen LogP contribution in [0.2, 0.25) is 0 Å². The molecular formula is C40H26N4. The van der Waals surface area contributed by atoms with E-state index in [9.17, 15) is 0 Å². The number of hydrogen-bond donors (Lipinski definition) is 0. The third-order valence-electron chi connectivity index (χ3n) is 8.56. The molecule has 44 heavy (non-hydrogen) atoms. The van der Waals surface area contributed by atoms with Crippen molar-refractivity contribution in [1.82, 2.24) is 14.5 Å². The predicted octanol–water partition coefficient (Wildman–Crippen LogP) is 10.4. The number of fused-ring (bicyclic) bond motifs is 3. The molecule has 206 valence electrons. The minimum Gasteiger partial charge on any atom is -0.308 e. The molecule has 9 rings (SSSR count). The summed E-state index contributed by atoms with van der Waals surface area (Å²) >= 11 is 0. The lowest BCUT2D eigenvalue weighted by atomic mass is 9.89. The maximum absolute atomic E-state index is 5.14. The van der Waals surface area contributed by atoms with Crippen LogP contribution >= 0.6 is 0 Å². The minimum atomic E-state index is 0.911. The predicted molar refractivity (Wildman–Crippen MR) is 181 cm³/mol. The van der Waals surface area contributed by atoms with Gasteiger partial charge in [-0.1, -0.05) is 91.0 Å². The van der Waals surface area contributed by atoms with E-state index in [2.05, 4.69) is 143 Å². The molecule has 2 aromatic heterocycles. The summed E-state index contributed by atoms with van der Waals surface area (Å²) in [4.78, 5) is 12.2. The second-order valence-corrected chi connectivity index (χ2v) is 11.1. The Morgan fingerprint density at radius 1 is 0.477 bits per heavy atom. The minimum absolute atomic E-state index is 0.911. The molecule has 8 aromatic rings. The normalized spacial score (nSPS) is 12.0. The molecule has 3 heterocycles. The largest absolute Gasteiger partial charge is 0.308 e. The van der Waals surface area contributed by atoms with Crippen molar-refractivity contribution in [1.29, 1.82) is 0 Å². The van der Waals surface area contributed by atoms with E-state index >= 15 is 0 Å². The van der Waals surface area contributed by atoms with Gasteiger partial charge in [-0.2, -0.15) is 0 Å². The number of anilines is 3. The van der Waals surface area contributed by atoms with Crippen molar-refractivity contribution in [3.05, 3.63) is 158 Å². The summed E-state index contributed by atoms with van der Waals surface area (Å²) in [7, 11) is 0. The van der Waals surface area contributed by atoms with Gasteiger partial charge in [-0.05, 0) is 71.3 Å². The molecule has 0 saturated heterocycles. The highest BCUT2D eigenvalue weighted by molar-refractivity contribution is 6.14. The number of benzene rings is 6. The summed E-state index contributed by atoms with van der Waals surface area (Å²) in [5, 5.41) is 2.33. The third-order valence-corrected chi connectivity index (χ3v) is 8.56. The van der Waals surface area contributed by atoms with E-state index in [4.69, 9.17) is 9.97 Å². The zero-order valence-electron chi connectivity index (χ0n) is 23.8. The molecule has 0 atom stereocenters. The van der Waals surface area contributed by atoms with Gasteiger partial charge in [0, 0.05) is 39.5 Å². The molecule has 0 spiro atoms. The van der Waals surface area contributed by atoms with Gasteiger partial charge in [-0.15, -0.1) is 0 Å². The molecule has 0 saturated carbocycles. The fourth-order valence-corrected chi connectivity index (χ4v) is 6.63. The number of hydrogen-bond acceptors (Lipinski definition) is 3. The van der Waals surface area contributed by atoms with Crippen LogP contribution in [0.5, 0.6) is 0 Å². The summed E-state index contributed by atoms with van der Waals surface area (Å²) in [6.07, 6.45) is 3.98. The summed E-state index contributed by atoms with van der Waals surface area (Å²) in [5.41, 5.74) is 12.3. The maximum Gasteiger partial charge on any atom is 0.145 e. The van der Waals surface area contributed by atoms with Crippen molar-refractivity contribution >= 4 is 38.9 Å². The van der Waals surface area contributed by atoms with E-state index in [1.807, 2.05) is 24.5 Å². The Hall–Kier alpha value is -6.00. The van der Waals surface area contributed by atoms with Crippen LogP contribution in [0.1, 0.15) is 0 Å². The van der Waals surface area contributed by atoms with Gasteiger partial charge in [0.05, 0.1) is 28.6 Å². The number of para-hydroxylation sites is 4. The maximum atomic E-state index is 5.14. The average molecular weight is 563 g/mol. The van der Waals surface area contributed by atoms with Crippen molar-refractivity contribution in [2.75, 3.05) is 4.90 Å². The molecule has 1 aliphatic rings. The van der Waals surface area contributed by atoms with E-state index in [1.165, 1.54) is 27.6 Å². The van der Waals surface area contributed by atoms with Gasteiger partial charge in [0.15, 0.2) is 0 Å². The molecule has 4 nitrogen and oxygen atoms in total. The molecule has 0 bridgehead atoms. The van der Waals surface area contributed by atoms with Gasteiger partial charge in [-0.3, -0.25) is 9.55 Å². The molecule has 0 N–H and O–H groups in total. The van der Waals surface area contributed by atoms with Crippen LogP contribution in [0, 0.1) is 0 Å². The van der Waals surface area contributed by atoms with E-state index in [-0.39, 0.29) is 0 Å². The SMILES string of the molecule is c1ccc(-c2cc3c4c(cncc4c2)N(c2cccc(-c4nc5ccccc5n4-c4ccccc4)c2)c2ccccc2-3)cc1.